The summed E-state index contributed by atoms with van der Waals surface area (Å²) >= 11 is 0. The van der Waals surface area contributed by atoms with Crippen molar-refractivity contribution >= 4 is 28.0 Å². The van der Waals surface area contributed by atoms with Crippen molar-refractivity contribution in [1.29, 1.82) is 0 Å². The molecule has 3 aromatic heterocycles. The van der Waals surface area contributed by atoms with Crippen LogP contribution in [0.4, 0.5) is 0 Å². The molecule has 8 nitrogen and oxygen atoms in total. The number of rotatable bonds is 5. The number of hydrogen-bond acceptors (Lipinski definition) is 5. The number of amides is 1. The number of fused-ring (bicyclic) bond motifs is 2. The number of imidazole rings is 1. The van der Waals surface area contributed by atoms with E-state index in [2.05, 4.69) is 33.9 Å². The van der Waals surface area contributed by atoms with Gasteiger partial charge in [-0.1, -0.05) is 0 Å². The average molecular weight is 447 g/mol. The number of methoxy groups -OCH3 is 1. The van der Waals surface area contributed by atoms with E-state index in [0.717, 1.165) is 59.5 Å². The topological polar surface area (TPSA) is 77.2 Å². The van der Waals surface area contributed by atoms with Gasteiger partial charge in [0.05, 0.1) is 18.3 Å². The van der Waals surface area contributed by atoms with E-state index in [1.54, 1.807) is 7.11 Å². The van der Waals surface area contributed by atoms with Gasteiger partial charge in [-0.05, 0) is 57.1 Å². The first kappa shape index (κ1) is 21.5. The van der Waals surface area contributed by atoms with Gasteiger partial charge in [-0.3, -0.25) is 4.79 Å². The number of pyridine rings is 1. The normalized spacial score (nSPS) is 16.6. The summed E-state index contributed by atoms with van der Waals surface area (Å²) in [6.07, 6.45) is 3.90. The standard InChI is InChI=1S/C25H30N6O2/c1-5-31-20(13-16-8-6-10-27-23(16)31)24-28-19-12-17(14-21(33-4)22(19)29(24)3)25(32)30-11-7-9-18(15-30)26-2/h6,8,10,12-14,18,26H,5,7,9,11,15H2,1-4H3. The number of hydrogen-bond donors (Lipinski definition) is 1. The number of ether oxygens (including phenoxy) is 1. The second kappa shape index (κ2) is 8.51. The first-order chi connectivity index (χ1) is 16.0. The number of carbonyl (C=O) groups excluding carboxylic acids is 1. The summed E-state index contributed by atoms with van der Waals surface area (Å²) in [5.74, 6) is 1.49. The Bertz CT molecular complexity index is 1340. The molecule has 1 N–H and O–H groups in total. The Kier molecular flexibility index (Phi) is 5.54. The van der Waals surface area contributed by atoms with Crippen molar-refractivity contribution in [3.63, 3.8) is 0 Å². The number of nitrogens with one attached hydrogen (secondary N) is 1. The van der Waals surface area contributed by atoms with Crippen LogP contribution in [-0.4, -0.2) is 63.2 Å². The Morgan fingerprint density at radius 2 is 2.15 bits per heavy atom. The van der Waals surface area contributed by atoms with Gasteiger partial charge in [0.15, 0.2) is 5.82 Å². The van der Waals surface area contributed by atoms with Crippen LogP contribution < -0.4 is 10.1 Å². The van der Waals surface area contributed by atoms with Crippen molar-refractivity contribution in [3.05, 3.63) is 42.1 Å². The number of aryl methyl sites for hydroxylation is 2. The first-order valence-electron chi connectivity index (χ1n) is 11.5. The monoisotopic (exact) mass is 446 g/mol. The molecule has 1 unspecified atom stereocenters. The minimum absolute atomic E-state index is 0.0224. The molecule has 0 bridgehead atoms. The van der Waals surface area contributed by atoms with Crippen molar-refractivity contribution in [3.8, 4) is 17.3 Å². The Morgan fingerprint density at radius 3 is 2.91 bits per heavy atom. The predicted octanol–water partition coefficient (Wildman–Crippen LogP) is 3.44. The molecular formula is C25H30N6O2. The van der Waals surface area contributed by atoms with Crippen molar-refractivity contribution in [1.82, 2.24) is 29.3 Å². The van der Waals surface area contributed by atoms with Gasteiger partial charge in [0.25, 0.3) is 5.91 Å². The van der Waals surface area contributed by atoms with Crippen LogP contribution in [0.3, 0.4) is 0 Å². The van der Waals surface area contributed by atoms with Crippen molar-refractivity contribution in [2.24, 2.45) is 7.05 Å². The minimum Gasteiger partial charge on any atom is -0.494 e. The summed E-state index contributed by atoms with van der Waals surface area (Å²) in [6.45, 7) is 4.37. The highest BCUT2D eigenvalue weighted by Crippen LogP contribution is 2.34. The zero-order valence-electron chi connectivity index (χ0n) is 19.6. The number of piperidine rings is 1. The SMILES string of the molecule is CCn1c(-c2nc3cc(C(=O)N4CCCC(NC)C4)cc(OC)c3n2C)cc2cccnc21. The summed E-state index contributed by atoms with van der Waals surface area (Å²) in [6, 6.07) is 10.2. The van der Waals surface area contributed by atoms with Crippen LogP contribution in [0.25, 0.3) is 33.6 Å². The van der Waals surface area contributed by atoms with E-state index in [-0.39, 0.29) is 5.91 Å². The van der Waals surface area contributed by atoms with Gasteiger partial charge >= 0.3 is 0 Å². The largest absolute Gasteiger partial charge is 0.494 e. The molecule has 8 heteroatoms. The lowest BCUT2D eigenvalue weighted by Crippen LogP contribution is -2.46. The number of aromatic nitrogens is 4. The molecular weight excluding hydrogens is 416 g/mol. The molecule has 1 fully saturated rings. The summed E-state index contributed by atoms with van der Waals surface area (Å²) < 4.78 is 9.94. The third kappa shape index (κ3) is 3.54. The van der Waals surface area contributed by atoms with Gasteiger partial charge < -0.3 is 24.1 Å². The molecule has 1 aliphatic rings. The number of likely N-dealkylation sites (tertiary alicyclic amines) is 1. The lowest BCUT2D eigenvalue weighted by Gasteiger charge is -2.32. The third-order valence-electron chi connectivity index (χ3n) is 6.72. The zero-order chi connectivity index (χ0) is 23.1. The molecule has 33 heavy (non-hydrogen) atoms. The van der Waals surface area contributed by atoms with Gasteiger partial charge in [0.1, 0.15) is 16.9 Å². The van der Waals surface area contributed by atoms with E-state index < -0.39 is 0 Å². The number of carbonyl (C=O) groups is 1. The van der Waals surface area contributed by atoms with Crippen molar-refractivity contribution in [2.75, 3.05) is 27.2 Å². The molecule has 0 saturated carbocycles. The fourth-order valence-electron chi connectivity index (χ4n) is 4.99. The highest BCUT2D eigenvalue weighted by molar-refractivity contribution is 6.00. The van der Waals surface area contributed by atoms with Crippen LogP contribution in [0.15, 0.2) is 36.5 Å². The fraction of sp³-hybridized carbons (Fsp3) is 0.400. The van der Waals surface area contributed by atoms with Gasteiger partial charge in [0.2, 0.25) is 0 Å². The number of nitrogens with zero attached hydrogens (tertiary/aromatic N) is 5. The van der Waals surface area contributed by atoms with Crippen LogP contribution in [0.1, 0.15) is 30.1 Å². The molecule has 0 aliphatic carbocycles. The molecule has 5 rings (SSSR count). The number of likely N-dealkylation sites (N-methyl/N-ethyl adjacent to an activating group) is 1. The average Bonchev–Trinajstić information content (AvgIpc) is 3.40. The molecule has 172 valence electrons. The second-order valence-corrected chi connectivity index (χ2v) is 8.61. The van der Waals surface area contributed by atoms with E-state index in [1.807, 2.05) is 48.0 Å². The van der Waals surface area contributed by atoms with Gasteiger partial charge in [-0.2, -0.15) is 0 Å². The van der Waals surface area contributed by atoms with Crippen molar-refractivity contribution < 1.29 is 9.53 Å². The van der Waals surface area contributed by atoms with Crippen LogP contribution in [0, 0.1) is 0 Å². The van der Waals surface area contributed by atoms with E-state index in [9.17, 15) is 4.79 Å². The summed E-state index contributed by atoms with van der Waals surface area (Å²) in [4.78, 5) is 24.8. The fourth-order valence-corrected chi connectivity index (χ4v) is 4.99. The van der Waals surface area contributed by atoms with E-state index in [4.69, 9.17) is 9.72 Å². The van der Waals surface area contributed by atoms with Crippen LogP contribution in [-0.2, 0) is 13.6 Å². The van der Waals surface area contributed by atoms with E-state index in [0.29, 0.717) is 23.9 Å². The van der Waals surface area contributed by atoms with E-state index in [1.165, 1.54) is 0 Å². The molecule has 1 saturated heterocycles. The highest BCUT2D eigenvalue weighted by atomic mass is 16.5. The predicted molar refractivity (Wildman–Crippen MR) is 130 cm³/mol. The molecule has 1 amide bonds. The Morgan fingerprint density at radius 1 is 1.30 bits per heavy atom. The number of benzene rings is 1. The Hall–Kier alpha value is -3.39. The summed E-state index contributed by atoms with van der Waals surface area (Å²) in [5.41, 5.74) is 4.16. The molecule has 1 atom stereocenters. The first-order valence-corrected chi connectivity index (χ1v) is 11.5. The molecule has 0 radical (unpaired) electrons. The smallest absolute Gasteiger partial charge is 0.254 e. The maximum Gasteiger partial charge on any atom is 0.254 e. The quantitative estimate of drug-likeness (QED) is 0.508. The Balaban J connectivity index is 1.62. The van der Waals surface area contributed by atoms with E-state index >= 15 is 0 Å². The van der Waals surface area contributed by atoms with Crippen LogP contribution >= 0.6 is 0 Å². The Labute approximate surface area is 193 Å². The lowest BCUT2D eigenvalue weighted by atomic mass is 10.0. The molecule has 1 aliphatic heterocycles. The molecule has 1 aromatic carbocycles. The maximum absolute atomic E-state index is 13.3. The zero-order valence-corrected chi connectivity index (χ0v) is 19.6. The van der Waals surface area contributed by atoms with Gasteiger partial charge in [-0.15, -0.1) is 0 Å². The summed E-state index contributed by atoms with van der Waals surface area (Å²) in [5, 5.41) is 4.38. The third-order valence-corrected chi connectivity index (χ3v) is 6.72. The van der Waals surface area contributed by atoms with Gasteiger partial charge in [0, 0.05) is 49.9 Å². The lowest BCUT2D eigenvalue weighted by molar-refractivity contribution is 0.0698. The van der Waals surface area contributed by atoms with Crippen LogP contribution in [0.2, 0.25) is 0 Å². The highest BCUT2D eigenvalue weighted by Gasteiger charge is 2.26. The minimum atomic E-state index is 0.0224. The maximum atomic E-state index is 13.3. The molecule has 4 aromatic rings. The van der Waals surface area contributed by atoms with Crippen molar-refractivity contribution in [2.45, 2.75) is 32.4 Å². The van der Waals surface area contributed by atoms with Crippen LogP contribution in [0.5, 0.6) is 5.75 Å². The second-order valence-electron chi connectivity index (χ2n) is 8.61. The molecule has 0 spiro atoms. The van der Waals surface area contributed by atoms with Gasteiger partial charge in [-0.25, -0.2) is 9.97 Å². The molecule has 4 heterocycles. The summed E-state index contributed by atoms with van der Waals surface area (Å²) in [7, 11) is 5.58.